The molecule has 0 saturated heterocycles. The lowest BCUT2D eigenvalue weighted by atomic mass is 10.1. The molecular formula is C14H21NO4. The Morgan fingerprint density at radius 3 is 2.79 bits per heavy atom. The number of aliphatic hydroxyl groups is 1. The highest BCUT2D eigenvalue weighted by Gasteiger charge is 2.09. The van der Waals surface area contributed by atoms with E-state index in [2.05, 4.69) is 10.1 Å². The van der Waals surface area contributed by atoms with Gasteiger partial charge in [0, 0.05) is 13.0 Å². The number of aliphatic hydroxyl groups excluding tert-OH is 1. The van der Waals surface area contributed by atoms with Gasteiger partial charge in [0.05, 0.1) is 26.0 Å². The topological polar surface area (TPSA) is 67.8 Å². The maximum atomic E-state index is 11.0. The van der Waals surface area contributed by atoms with Gasteiger partial charge in [-0.05, 0) is 31.0 Å². The second-order valence-electron chi connectivity index (χ2n) is 4.35. The lowest BCUT2D eigenvalue weighted by molar-refractivity contribution is -0.141. The number of aryl methyl sites for hydroxylation is 1. The van der Waals surface area contributed by atoms with Crippen LogP contribution in [0.25, 0.3) is 0 Å². The molecule has 0 amide bonds. The van der Waals surface area contributed by atoms with E-state index >= 15 is 0 Å². The maximum Gasteiger partial charge on any atom is 0.305 e. The molecule has 5 heteroatoms. The maximum absolute atomic E-state index is 11.0. The molecule has 0 aromatic heterocycles. The van der Waals surface area contributed by atoms with E-state index in [1.807, 2.05) is 25.1 Å². The van der Waals surface area contributed by atoms with Crippen LogP contribution >= 0.6 is 0 Å². The summed E-state index contributed by atoms with van der Waals surface area (Å²) in [5.41, 5.74) is 1.94. The van der Waals surface area contributed by atoms with E-state index in [-0.39, 0.29) is 12.4 Å². The first kappa shape index (κ1) is 15.3. The van der Waals surface area contributed by atoms with E-state index in [1.54, 1.807) is 7.11 Å². The molecule has 0 heterocycles. The molecule has 1 atom stereocenters. The Balaban J connectivity index is 2.47. The number of nitrogens with one attached hydrogen (secondary N) is 1. The summed E-state index contributed by atoms with van der Waals surface area (Å²) < 4.78 is 9.76. The fourth-order valence-corrected chi connectivity index (χ4v) is 1.68. The average Bonchev–Trinajstić information content (AvgIpc) is 2.42. The van der Waals surface area contributed by atoms with Crippen LogP contribution in [0.4, 0.5) is 5.69 Å². The summed E-state index contributed by atoms with van der Waals surface area (Å²) in [5, 5.41) is 12.9. The Morgan fingerprint density at radius 2 is 2.16 bits per heavy atom. The molecule has 5 nitrogen and oxygen atoms in total. The third-order valence-corrected chi connectivity index (χ3v) is 2.79. The van der Waals surface area contributed by atoms with Gasteiger partial charge in [-0.15, -0.1) is 0 Å². The van der Waals surface area contributed by atoms with Crippen molar-refractivity contribution in [3.05, 3.63) is 23.8 Å². The van der Waals surface area contributed by atoms with E-state index in [9.17, 15) is 9.90 Å². The van der Waals surface area contributed by atoms with Crippen LogP contribution in [-0.4, -0.2) is 37.9 Å². The van der Waals surface area contributed by atoms with Gasteiger partial charge in [0.1, 0.15) is 5.75 Å². The molecule has 2 N–H and O–H groups in total. The number of esters is 1. The van der Waals surface area contributed by atoms with Crippen molar-refractivity contribution in [1.29, 1.82) is 0 Å². The lowest BCUT2D eigenvalue weighted by Gasteiger charge is -2.15. The summed E-state index contributed by atoms with van der Waals surface area (Å²) >= 11 is 0. The van der Waals surface area contributed by atoms with Crippen molar-refractivity contribution in [2.75, 3.05) is 26.1 Å². The van der Waals surface area contributed by atoms with Crippen molar-refractivity contribution >= 4 is 11.7 Å². The van der Waals surface area contributed by atoms with Crippen LogP contribution in [-0.2, 0) is 9.53 Å². The Bertz CT molecular complexity index is 420. The number of carbonyl (C=O) groups is 1. The normalized spacial score (nSPS) is 11.8. The Labute approximate surface area is 113 Å². The molecule has 1 aromatic carbocycles. The molecule has 0 aliphatic carbocycles. The zero-order valence-electron chi connectivity index (χ0n) is 11.6. The molecule has 1 unspecified atom stereocenters. The van der Waals surface area contributed by atoms with E-state index < -0.39 is 6.10 Å². The number of methoxy groups -OCH3 is 2. The van der Waals surface area contributed by atoms with Crippen molar-refractivity contribution < 1.29 is 19.4 Å². The fourth-order valence-electron chi connectivity index (χ4n) is 1.68. The standard InChI is InChI=1S/C14H21NO4/c1-10-4-6-13(18-2)12(8-10)15-9-11(16)5-7-14(17)19-3/h4,6,8,11,15-16H,5,7,9H2,1-3H3. The second-order valence-corrected chi connectivity index (χ2v) is 4.35. The Hall–Kier alpha value is -1.75. The van der Waals surface area contributed by atoms with E-state index in [0.29, 0.717) is 13.0 Å². The minimum Gasteiger partial charge on any atom is -0.495 e. The van der Waals surface area contributed by atoms with E-state index in [1.165, 1.54) is 7.11 Å². The van der Waals surface area contributed by atoms with Crippen LogP contribution in [0.15, 0.2) is 18.2 Å². The van der Waals surface area contributed by atoms with Crippen LogP contribution in [0.3, 0.4) is 0 Å². The van der Waals surface area contributed by atoms with Gasteiger partial charge in [-0.3, -0.25) is 4.79 Å². The lowest BCUT2D eigenvalue weighted by Crippen LogP contribution is -2.21. The third-order valence-electron chi connectivity index (χ3n) is 2.79. The van der Waals surface area contributed by atoms with Crippen LogP contribution in [0.5, 0.6) is 5.75 Å². The van der Waals surface area contributed by atoms with Crippen LogP contribution in [0.1, 0.15) is 18.4 Å². The minimum absolute atomic E-state index is 0.213. The molecule has 0 radical (unpaired) electrons. The van der Waals surface area contributed by atoms with Gasteiger partial charge in [-0.25, -0.2) is 0 Å². The summed E-state index contributed by atoms with van der Waals surface area (Å²) in [6.45, 7) is 2.34. The summed E-state index contributed by atoms with van der Waals surface area (Å²) in [6, 6.07) is 5.78. The highest BCUT2D eigenvalue weighted by molar-refractivity contribution is 5.69. The van der Waals surface area contributed by atoms with Crippen LogP contribution < -0.4 is 10.1 Å². The predicted molar refractivity (Wildman–Crippen MR) is 73.5 cm³/mol. The molecule has 0 aliphatic rings. The van der Waals surface area contributed by atoms with Gasteiger partial charge in [0.2, 0.25) is 0 Å². The summed E-state index contributed by atoms with van der Waals surface area (Å²) in [4.78, 5) is 11.0. The first-order valence-electron chi connectivity index (χ1n) is 6.20. The van der Waals surface area contributed by atoms with Gasteiger partial charge in [-0.2, -0.15) is 0 Å². The first-order valence-corrected chi connectivity index (χ1v) is 6.20. The highest BCUT2D eigenvalue weighted by Crippen LogP contribution is 2.25. The quantitative estimate of drug-likeness (QED) is 0.736. The summed E-state index contributed by atoms with van der Waals surface area (Å²) in [6.07, 6.45) is -0.0257. The van der Waals surface area contributed by atoms with Crippen LogP contribution in [0.2, 0.25) is 0 Å². The van der Waals surface area contributed by atoms with E-state index in [0.717, 1.165) is 17.0 Å². The summed E-state index contributed by atoms with van der Waals surface area (Å²) in [5.74, 6) is 0.415. The molecule has 0 fully saturated rings. The number of rotatable bonds is 7. The fraction of sp³-hybridized carbons (Fsp3) is 0.500. The molecule has 19 heavy (non-hydrogen) atoms. The molecule has 1 aromatic rings. The van der Waals surface area contributed by atoms with Crippen LogP contribution in [0, 0.1) is 6.92 Å². The second kappa shape index (κ2) is 7.63. The monoisotopic (exact) mass is 267 g/mol. The number of benzene rings is 1. The predicted octanol–water partition coefficient (Wildman–Crippen LogP) is 1.73. The number of anilines is 1. The SMILES string of the molecule is COC(=O)CCC(O)CNc1cc(C)ccc1OC. The van der Waals surface area contributed by atoms with Crippen molar-refractivity contribution in [1.82, 2.24) is 0 Å². The zero-order valence-corrected chi connectivity index (χ0v) is 11.6. The molecule has 106 valence electrons. The zero-order chi connectivity index (χ0) is 14.3. The number of ether oxygens (including phenoxy) is 2. The van der Waals surface area contributed by atoms with Crippen molar-refractivity contribution in [3.8, 4) is 5.75 Å². The van der Waals surface area contributed by atoms with Crippen molar-refractivity contribution in [2.45, 2.75) is 25.9 Å². The Morgan fingerprint density at radius 1 is 1.42 bits per heavy atom. The minimum atomic E-state index is -0.607. The molecular weight excluding hydrogens is 246 g/mol. The number of carbonyl (C=O) groups excluding carboxylic acids is 1. The Kier molecular flexibility index (Phi) is 6.15. The van der Waals surface area contributed by atoms with Crippen molar-refractivity contribution in [2.24, 2.45) is 0 Å². The van der Waals surface area contributed by atoms with Gasteiger partial charge in [0.25, 0.3) is 0 Å². The van der Waals surface area contributed by atoms with Gasteiger partial charge >= 0.3 is 5.97 Å². The smallest absolute Gasteiger partial charge is 0.305 e. The van der Waals surface area contributed by atoms with Gasteiger partial charge < -0.3 is 19.9 Å². The van der Waals surface area contributed by atoms with Gasteiger partial charge in [-0.1, -0.05) is 6.07 Å². The first-order chi connectivity index (χ1) is 9.06. The third kappa shape index (κ3) is 5.18. The number of hydrogen-bond donors (Lipinski definition) is 2. The molecule has 1 rings (SSSR count). The van der Waals surface area contributed by atoms with E-state index in [4.69, 9.17) is 4.74 Å². The molecule has 0 saturated carbocycles. The number of hydrogen-bond acceptors (Lipinski definition) is 5. The molecule has 0 spiro atoms. The largest absolute Gasteiger partial charge is 0.495 e. The summed E-state index contributed by atoms with van der Waals surface area (Å²) in [7, 11) is 2.94. The molecule has 0 aliphatic heterocycles. The average molecular weight is 267 g/mol. The molecule has 0 bridgehead atoms. The highest BCUT2D eigenvalue weighted by atomic mass is 16.5. The van der Waals surface area contributed by atoms with Gasteiger partial charge in [0.15, 0.2) is 0 Å². The van der Waals surface area contributed by atoms with Crippen molar-refractivity contribution in [3.63, 3.8) is 0 Å².